The second-order valence-electron chi connectivity index (χ2n) is 7.72. The highest BCUT2D eigenvalue weighted by molar-refractivity contribution is 8.76. The summed E-state index contributed by atoms with van der Waals surface area (Å²) in [7, 11) is 1.39. The fraction of sp³-hybridized carbons (Fsp3) is 0.778. The number of aliphatic carboxylic acids is 2. The molecule has 0 radical (unpaired) electrons. The van der Waals surface area contributed by atoms with Crippen molar-refractivity contribution < 1.29 is 80.5 Å². The van der Waals surface area contributed by atoms with Crippen LogP contribution in [-0.4, -0.2) is 171 Å². The molecule has 10 atom stereocenters. The molecule has 0 aliphatic rings. The van der Waals surface area contributed by atoms with Crippen LogP contribution in [0.25, 0.3) is 0 Å². The summed E-state index contributed by atoms with van der Waals surface area (Å²) in [5, 5.41) is 116. The van der Waals surface area contributed by atoms with Crippen molar-refractivity contribution >= 4 is 45.3 Å². The first-order chi connectivity index (χ1) is 17.6. The lowest BCUT2D eigenvalue weighted by atomic mass is 10.0. The zero-order valence-corrected chi connectivity index (χ0v) is 21.1. The van der Waals surface area contributed by atoms with E-state index in [0.29, 0.717) is 21.6 Å². The Kier molecular flexibility index (Phi) is 16.9. The monoisotopic (exact) mass is 596 g/mol. The summed E-state index contributed by atoms with van der Waals surface area (Å²) in [6, 6.07) is -3.40. The number of hydrogen-bond donors (Lipinski definition) is 14. The van der Waals surface area contributed by atoms with Gasteiger partial charge >= 0.3 is 11.9 Å². The van der Waals surface area contributed by atoms with Crippen LogP contribution in [0.15, 0.2) is 0 Å². The van der Waals surface area contributed by atoms with Gasteiger partial charge in [0.25, 0.3) is 11.8 Å². The molecule has 2 amide bonds. The maximum atomic E-state index is 12.0. The topological polar surface area (TPSA) is 335 Å². The third kappa shape index (κ3) is 11.5. The lowest BCUT2D eigenvalue weighted by Gasteiger charge is -2.26. The van der Waals surface area contributed by atoms with Gasteiger partial charge in [-0.1, -0.05) is 21.6 Å². The van der Waals surface area contributed by atoms with Gasteiger partial charge in [-0.25, -0.2) is 9.59 Å². The Morgan fingerprint density at radius 2 is 0.842 bits per heavy atom. The van der Waals surface area contributed by atoms with Gasteiger partial charge in [-0.2, -0.15) is 0 Å². The highest BCUT2D eigenvalue weighted by Gasteiger charge is 2.37. The van der Waals surface area contributed by atoms with Gasteiger partial charge in [0.15, 0.2) is 12.2 Å². The Morgan fingerprint density at radius 1 is 0.553 bits per heavy atom. The normalized spacial score (nSPS) is 19.5. The Balaban J connectivity index is 4.93. The molecule has 18 nitrogen and oxygen atoms in total. The molecule has 38 heavy (non-hydrogen) atoms. The van der Waals surface area contributed by atoms with Gasteiger partial charge in [0.2, 0.25) is 0 Å². The Labute approximate surface area is 222 Å². The largest absolute Gasteiger partial charge is 0.480 e. The van der Waals surface area contributed by atoms with Crippen molar-refractivity contribution in [3.8, 4) is 0 Å². The molecular formula is C18H32N2O16S2. The zero-order chi connectivity index (χ0) is 29.7. The van der Waals surface area contributed by atoms with Crippen LogP contribution in [0.5, 0.6) is 0 Å². The van der Waals surface area contributed by atoms with E-state index in [1.165, 1.54) is 0 Å². The quantitative estimate of drug-likeness (QED) is 0.0486. The number of nitrogens with one attached hydrogen (secondary N) is 2. The lowest BCUT2D eigenvalue weighted by molar-refractivity contribution is -0.152. The summed E-state index contributed by atoms with van der Waals surface area (Å²) in [4.78, 5) is 46.8. The van der Waals surface area contributed by atoms with Gasteiger partial charge in [0, 0.05) is 11.5 Å². The number of amides is 2. The fourth-order valence-electron chi connectivity index (χ4n) is 2.45. The number of hydrogen-bond acceptors (Lipinski definition) is 16. The van der Waals surface area contributed by atoms with Crippen LogP contribution in [0.3, 0.4) is 0 Å². The summed E-state index contributed by atoms with van der Waals surface area (Å²) in [6.45, 7) is -2.02. The Morgan fingerprint density at radius 3 is 1.08 bits per heavy atom. The first-order valence-electron chi connectivity index (χ1n) is 10.6. The number of aliphatic hydroxyl groups excluding tert-OH is 10. The third-order valence-electron chi connectivity index (χ3n) is 4.83. The van der Waals surface area contributed by atoms with Crippen LogP contribution in [0, 0.1) is 0 Å². The molecule has 0 saturated carbocycles. The SMILES string of the molecule is O=C(O)C(CSSC[C@H](NC(=O)[C@H](O)[C@@H](O)[C@H](O)[C@H](O)CO)C(=O)O)NC(=O)[C@H](O)[C@@H](O)[C@H](O)[C@H](O)CO. The molecule has 0 fully saturated rings. The smallest absolute Gasteiger partial charge is 0.327 e. The number of carboxylic acid groups (broad SMARTS) is 2. The second kappa shape index (κ2) is 17.7. The first-order valence-corrected chi connectivity index (χ1v) is 13.1. The molecule has 0 spiro atoms. The molecule has 0 aliphatic heterocycles. The minimum Gasteiger partial charge on any atom is -0.480 e. The predicted molar refractivity (Wildman–Crippen MR) is 126 cm³/mol. The summed E-state index contributed by atoms with van der Waals surface area (Å²) in [5.74, 6) is -6.99. The molecule has 222 valence electrons. The summed E-state index contributed by atoms with van der Waals surface area (Å²) in [6.07, 6.45) is -17.4. The van der Waals surface area contributed by atoms with Gasteiger partial charge in [0.05, 0.1) is 13.2 Å². The van der Waals surface area contributed by atoms with Gasteiger partial charge in [0.1, 0.15) is 48.7 Å². The number of carbonyl (C=O) groups is 4. The lowest BCUT2D eigenvalue weighted by Crippen LogP contribution is -2.55. The molecule has 0 aromatic heterocycles. The van der Waals surface area contributed by atoms with E-state index in [1.807, 2.05) is 10.6 Å². The van der Waals surface area contributed by atoms with E-state index in [9.17, 15) is 70.2 Å². The highest BCUT2D eigenvalue weighted by Crippen LogP contribution is 2.23. The minimum atomic E-state index is -2.39. The summed E-state index contributed by atoms with van der Waals surface area (Å²) >= 11 is 0. The van der Waals surface area contributed by atoms with Crippen LogP contribution >= 0.6 is 21.6 Å². The maximum Gasteiger partial charge on any atom is 0.327 e. The molecule has 0 aliphatic carbocycles. The molecule has 0 rings (SSSR count). The fourth-order valence-corrected chi connectivity index (χ4v) is 4.76. The average Bonchev–Trinajstić information content (AvgIpc) is 2.89. The molecule has 0 heterocycles. The van der Waals surface area contributed by atoms with E-state index in [2.05, 4.69) is 0 Å². The number of aliphatic hydroxyl groups is 10. The van der Waals surface area contributed by atoms with Crippen molar-refractivity contribution in [3.63, 3.8) is 0 Å². The molecule has 0 bridgehead atoms. The second-order valence-corrected chi connectivity index (χ2v) is 10.3. The van der Waals surface area contributed by atoms with Gasteiger partial charge in [-0.3, -0.25) is 9.59 Å². The standard InChI is InChI=1S/C18H32N2O16S2/c21-1-7(23)9(25)11(27)13(29)15(31)19-5(17(33)34)3-37-38-4-6(18(35)36)20-16(32)14(30)12(28)10(26)8(24)2-22/h5-14,21-30H,1-4H2,(H,19,31)(H,20,32)(H,33,34)(H,35,36)/t5-,6?,7+,8+,9+,10+,11-,12-,13+,14+/m0/s1. The predicted octanol–water partition coefficient (Wildman–Crippen LogP) is -7.62. The minimum absolute atomic E-state index is 0.441. The Hall–Kier alpha value is -1.82. The van der Waals surface area contributed by atoms with E-state index in [0.717, 1.165) is 0 Å². The molecule has 0 saturated heterocycles. The number of carbonyl (C=O) groups excluding carboxylic acids is 2. The van der Waals surface area contributed by atoms with Crippen LogP contribution in [-0.2, 0) is 19.2 Å². The van der Waals surface area contributed by atoms with Crippen molar-refractivity contribution in [2.24, 2.45) is 0 Å². The summed E-state index contributed by atoms with van der Waals surface area (Å²) < 4.78 is 0. The first kappa shape index (κ1) is 36.2. The highest BCUT2D eigenvalue weighted by atomic mass is 33.1. The molecular weight excluding hydrogens is 564 g/mol. The van der Waals surface area contributed by atoms with Gasteiger partial charge in [-0.05, 0) is 0 Å². The van der Waals surface area contributed by atoms with E-state index in [1.54, 1.807) is 0 Å². The van der Waals surface area contributed by atoms with E-state index < -0.39 is 109 Å². The number of carboxylic acids is 2. The molecule has 1 unspecified atom stereocenters. The van der Waals surface area contributed by atoms with Crippen molar-refractivity contribution in [2.45, 2.75) is 60.9 Å². The molecule has 20 heteroatoms. The van der Waals surface area contributed by atoms with Crippen LogP contribution in [0.4, 0.5) is 0 Å². The van der Waals surface area contributed by atoms with Gasteiger partial charge in [-0.15, -0.1) is 0 Å². The van der Waals surface area contributed by atoms with E-state index in [4.69, 9.17) is 10.2 Å². The molecule has 0 aromatic carbocycles. The van der Waals surface area contributed by atoms with E-state index in [-0.39, 0.29) is 0 Å². The van der Waals surface area contributed by atoms with Crippen molar-refractivity contribution in [3.05, 3.63) is 0 Å². The van der Waals surface area contributed by atoms with Crippen LogP contribution in [0.2, 0.25) is 0 Å². The van der Waals surface area contributed by atoms with Gasteiger partial charge < -0.3 is 71.9 Å². The van der Waals surface area contributed by atoms with Crippen molar-refractivity contribution in [2.75, 3.05) is 24.7 Å². The van der Waals surface area contributed by atoms with Crippen LogP contribution < -0.4 is 10.6 Å². The van der Waals surface area contributed by atoms with Crippen LogP contribution in [0.1, 0.15) is 0 Å². The van der Waals surface area contributed by atoms with E-state index >= 15 is 0 Å². The number of rotatable bonds is 19. The van der Waals surface area contributed by atoms with Crippen molar-refractivity contribution in [1.82, 2.24) is 10.6 Å². The zero-order valence-electron chi connectivity index (χ0n) is 19.4. The maximum absolute atomic E-state index is 12.0. The third-order valence-corrected chi connectivity index (χ3v) is 7.25. The molecule has 14 N–H and O–H groups in total. The van der Waals surface area contributed by atoms with Crippen molar-refractivity contribution in [1.29, 1.82) is 0 Å². The average molecular weight is 597 g/mol. The summed E-state index contributed by atoms with van der Waals surface area (Å²) in [5.41, 5.74) is 0. The molecule has 0 aromatic rings. The Bertz CT molecular complexity index is 717.